The van der Waals surface area contributed by atoms with Crippen molar-refractivity contribution in [1.29, 1.82) is 0 Å². The molecule has 2 aromatic carbocycles. The molecule has 5 nitrogen and oxygen atoms in total. The topological polar surface area (TPSA) is 75.6 Å². The number of carbonyl (C=O) groups excluding carboxylic acids is 1. The summed E-state index contributed by atoms with van der Waals surface area (Å²) in [5, 5.41) is 12.1. The standard InChI is InChI=1S/C20H21NO4/c1-3-12-10-14(20(23)24)6-9-18(12)21-19(22)16-8-5-13-4-7-15(25-2)11-17(13)16/h4,6-7,9-11,16H,3,5,8H2,1-2H3,(H,21,22)(H,23,24). The van der Waals surface area contributed by atoms with Gasteiger partial charge in [0.15, 0.2) is 0 Å². The van der Waals surface area contributed by atoms with E-state index in [0.717, 1.165) is 29.7 Å². The van der Waals surface area contributed by atoms with E-state index in [0.29, 0.717) is 12.1 Å². The van der Waals surface area contributed by atoms with Crippen molar-refractivity contribution in [2.24, 2.45) is 0 Å². The number of amides is 1. The van der Waals surface area contributed by atoms with Crippen molar-refractivity contribution in [3.63, 3.8) is 0 Å². The lowest BCUT2D eigenvalue weighted by atomic mass is 9.99. The smallest absolute Gasteiger partial charge is 0.335 e. The first-order chi connectivity index (χ1) is 12.0. The number of nitrogens with one attached hydrogen (secondary N) is 1. The largest absolute Gasteiger partial charge is 0.497 e. The van der Waals surface area contributed by atoms with Gasteiger partial charge in [-0.25, -0.2) is 4.79 Å². The van der Waals surface area contributed by atoms with Crippen LogP contribution in [0.25, 0.3) is 0 Å². The van der Waals surface area contributed by atoms with E-state index in [4.69, 9.17) is 9.84 Å². The highest BCUT2D eigenvalue weighted by molar-refractivity contribution is 5.98. The van der Waals surface area contributed by atoms with E-state index in [1.165, 1.54) is 11.6 Å². The fourth-order valence-electron chi connectivity index (χ4n) is 3.34. The van der Waals surface area contributed by atoms with Crippen LogP contribution in [0.15, 0.2) is 36.4 Å². The summed E-state index contributed by atoms with van der Waals surface area (Å²) in [7, 11) is 1.61. The monoisotopic (exact) mass is 339 g/mol. The number of hydrogen-bond acceptors (Lipinski definition) is 3. The first-order valence-corrected chi connectivity index (χ1v) is 8.37. The molecule has 130 valence electrons. The van der Waals surface area contributed by atoms with Gasteiger partial charge in [0.2, 0.25) is 5.91 Å². The Morgan fingerprint density at radius 3 is 2.72 bits per heavy atom. The van der Waals surface area contributed by atoms with Gasteiger partial charge in [-0.3, -0.25) is 4.79 Å². The van der Waals surface area contributed by atoms with Crippen LogP contribution in [0.1, 0.15) is 46.3 Å². The first kappa shape index (κ1) is 17.0. The Balaban J connectivity index is 1.84. The van der Waals surface area contributed by atoms with E-state index in [-0.39, 0.29) is 17.4 Å². The SMILES string of the molecule is CCc1cc(C(=O)O)ccc1NC(=O)C1CCc2ccc(OC)cc21. The Bertz CT molecular complexity index is 828. The Kier molecular flexibility index (Phi) is 4.74. The van der Waals surface area contributed by atoms with Gasteiger partial charge in [0.05, 0.1) is 18.6 Å². The van der Waals surface area contributed by atoms with Gasteiger partial charge in [-0.2, -0.15) is 0 Å². The minimum absolute atomic E-state index is 0.0650. The van der Waals surface area contributed by atoms with Gasteiger partial charge in [0, 0.05) is 5.69 Å². The van der Waals surface area contributed by atoms with Crippen LogP contribution >= 0.6 is 0 Å². The number of rotatable bonds is 5. The molecule has 1 amide bonds. The minimum Gasteiger partial charge on any atom is -0.497 e. The van der Waals surface area contributed by atoms with Crippen molar-refractivity contribution in [1.82, 2.24) is 0 Å². The number of hydrogen-bond donors (Lipinski definition) is 2. The highest BCUT2D eigenvalue weighted by Crippen LogP contribution is 2.36. The van der Waals surface area contributed by atoms with Crippen molar-refractivity contribution in [2.75, 3.05) is 12.4 Å². The van der Waals surface area contributed by atoms with Crippen LogP contribution in [-0.4, -0.2) is 24.1 Å². The molecule has 5 heteroatoms. The number of anilines is 1. The van der Waals surface area contributed by atoms with E-state index in [9.17, 15) is 9.59 Å². The van der Waals surface area contributed by atoms with Gasteiger partial charge in [0.1, 0.15) is 5.75 Å². The maximum atomic E-state index is 12.8. The molecule has 0 saturated carbocycles. The highest BCUT2D eigenvalue weighted by Gasteiger charge is 2.29. The molecule has 25 heavy (non-hydrogen) atoms. The second-order valence-electron chi connectivity index (χ2n) is 6.18. The number of aryl methyl sites for hydroxylation is 2. The van der Waals surface area contributed by atoms with Crippen LogP contribution in [0.4, 0.5) is 5.69 Å². The predicted molar refractivity (Wildman–Crippen MR) is 95.5 cm³/mol. The van der Waals surface area contributed by atoms with Crippen LogP contribution < -0.4 is 10.1 Å². The number of methoxy groups -OCH3 is 1. The molecule has 0 radical (unpaired) electrons. The van der Waals surface area contributed by atoms with Gasteiger partial charge >= 0.3 is 5.97 Å². The lowest BCUT2D eigenvalue weighted by Crippen LogP contribution is -2.20. The summed E-state index contributed by atoms with van der Waals surface area (Å²) in [6.45, 7) is 1.94. The molecule has 1 aliphatic rings. The van der Waals surface area contributed by atoms with Crippen molar-refractivity contribution in [2.45, 2.75) is 32.1 Å². The van der Waals surface area contributed by atoms with Gasteiger partial charge < -0.3 is 15.2 Å². The molecule has 2 aromatic rings. The number of carboxylic acids is 1. The van der Waals surface area contributed by atoms with Crippen molar-refractivity contribution >= 4 is 17.6 Å². The van der Waals surface area contributed by atoms with E-state index < -0.39 is 5.97 Å². The zero-order chi connectivity index (χ0) is 18.0. The predicted octanol–water partition coefficient (Wildman–Crippen LogP) is 3.62. The number of fused-ring (bicyclic) bond motifs is 1. The maximum absolute atomic E-state index is 12.8. The average molecular weight is 339 g/mol. The molecule has 2 N–H and O–H groups in total. The zero-order valence-corrected chi connectivity index (χ0v) is 14.3. The third kappa shape index (κ3) is 3.36. The highest BCUT2D eigenvalue weighted by atomic mass is 16.5. The molecule has 0 heterocycles. The molecule has 0 saturated heterocycles. The number of benzene rings is 2. The third-order valence-electron chi connectivity index (χ3n) is 4.74. The number of carbonyl (C=O) groups is 2. The van der Waals surface area contributed by atoms with Crippen molar-refractivity contribution in [3.05, 3.63) is 58.7 Å². The summed E-state index contributed by atoms with van der Waals surface area (Å²) in [5.41, 5.74) is 3.91. The van der Waals surface area contributed by atoms with Crippen LogP contribution in [-0.2, 0) is 17.6 Å². The third-order valence-corrected chi connectivity index (χ3v) is 4.74. The quantitative estimate of drug-likeness (QED) is 0.872. The Hall–Kier alpha value is -2.82. The van der Waals surface area contributed by atoms with Crippen molar-refractivity contribution in [3.8, 4) is 5.75 Å². The molecule has 0 bridgehead atoms. The first-order valence-electron chi connectivity index (χ1n) is 8.37. The van der Waals surface area contributed by atoms with E-state index in [2.05, 4.69) is 5.32 Å². The molecule has 3 rings (SSSR count). The number of aromatic carboxylic acids is 1. The molecule has 0 fully saturated rings. The molecule has 1 aliphatic carbocycles. The van der Waals surface area contributed by atoms with Crippen LogP contribution in [0.2, 0.25) is 0 Å². The summed E-state index contributed by atoms with van der Waals surface area (Å²) in [6, 6.07) is 10.7. The number of carboxylic acid groups (broad SMARTS) is 1. The Labute approximate surface area is 146 Å². The Morgan fingerprint density at radius 1 is 1.24 bits per heavy atom. The lowest BCUT2D eigenvalue weighted by molar-refractivity contribution is -0.117. The van der Waals surface area contributed by atoms with Gasteiger partial charge in [-0.15, -0.1) is 0 Å². The van der Waals surface area contributed by atoms with Crippen molar-refractivity contribution < 1.29 is 19.4 Å². The normalized spacial score (nSPS) is 15.5. The fraction of sp³-hybridized carbons (Fsp3) is 0.300. The lowest BCUT2D eigenvalue weighted by Gasteiger charge is -2.15. The molecular weight excluding hydrogens is 318 g/mol. The van der Waals surface area contributed by atoms with E-state index in [1.54, 1.807) is 19.2 Å². The molecule has 1 unspecified atom stereocenters. The molecular formula is C20H21NO4. The second kappa shape index (κ2) is 6.97. The average Bonchev–Trinajstić information content (AvgIpc) is 3.04. The summed E-state index contributed by atoms with van der Waals surface area (Å²) in [5.74, 6) is -0.498. The van der Waals surface area contributed by atoms with Gasteiger partial charge in [-0.1, -0.05) is 13.0 Å². The zero-order valence-electron chi connectivity index (χ0n) is 14.3. The van der Waals surface area contributed by atoms with Crippen LogP contribution in [0.3, 0.4) is 0 Å². The minimum atomic E-state index is -0.968. The van der Waals surface area contributed by atoms with Gasteiger partial charge in [-0.05, 0) is 66.3 Å². The summed E-state index contributed by atoms with van der Waals surface area (Å²) < 4.78 is 5.27. The summed E-state index contributed by atoms with van der Waals surface area (Å²) >= 11 is 0. The van der Waals surface area contributed by atoms with E-state index >= 15 is 0 Å². The molecule has 0 spiro atoms. The van der Waals surface area contributed by atoms with E-state index in [1.807, 2.05) is 25.1 Å². The molecule has 0 aromatic heterocycles. The Morgan fingerprint density at radius 2 is 2.04 bits per heavy atom. The van der Waals surface area contributed by atoms with Gasteiger partial charge in [0.25, 0.3) is 0 Å². The maximum Gasteiger partial charge on any atom is 0.335 e. The molecule has 0 aliphatic heterocycles. The number of ether oxygens (including phenoxy) is 1. The van der Waals surface area contributed by atoms with Crippen LogP contribution in [0, 0.1) is 0 Å². The fourth-order valence-corrected chi connectivity index (χ4v) is 3.34. The summed E-state index contributed by atoms with van der Waals surface area (Å²) in [6.07, 6.45) is 2.28. The summed E-state index contributed by atoms with van der Waals surface area (Å²) in [4.78, 5) is 23.9. The second-order valence-corrected chi connectivity index (χ2v) is 6.18. The van der Waals surface area contributed by atoms with Crippen LogP contribution in [0.5, 0.6) is 5.75 Å². The molecule has 1 atom stereocenters.